The number of aryl methyl sites for hydroxylation is 1. The summed E-state index contributed by atoms with van der Waals surface area (Å²) in [4.78, 5) is 34.0. The van der Waals surface area contributed by atoms with E-state index in [0.717, 1.165) is 11.3 Å². The monoisotopic (exact) mass is 334 g/mol. The number of carbonyl (C=O) groups excluding carboxylic acids is 1. The Morgan fingerprint density at radius 1 is 1.20 bits per heavy atom. The van der Waals surface area contributed by atoms with Gasteiger partial charge in [-0.2, -0.15) is 5.10 Å². The van der Waals surface area contributed by atoms with Crippen molar-refractivity contribution in [3.63, 3.8) is 0 Å². The summed E-state index contributed by atoms with van der Waals surface area (Å²) in [5.74, 6) is -0.407. The molecule has 0 unspecified atom stereocenters. The maximum atomic E-state index is 12.7. The first-order chi connectivity index (χ1) is 12.1. The van der Waals surface area contributed by atoms with E-state index in [1.165, 1.54) is 12.5 Å². The van der Waals surface area contributed by atoms with Crippen LogP contribution in [0.1, 0.15) is 10.4 Å². The number of hydrogen-bond acceptors (Lipinski definition) is 4. The van der Waals surface area contributed by atoms with E-state index in [9.17, 15) is 9.59 Å². The highest BCUT2D eigenvalue weighted by Gasteiger charge is 2.19. The van der Waals surface area contributed by atoms with Gasteiger partial charge in [-0.05, 0) is 0 Å². The van der Waals surface area contributed by atoms with Crippen molar-refractivity contribution in [2.45, 2.75) is 0 Å². The second-order valence-corrected chi connectivity index (χ2v) is 5.51. The molecule has 0 spiro atoms. The van der Waals surface area contributed by atoms with Crippen LogP contribution in [0.25, 0.3) is 22.3 Å². The number of nitrogens with one attached hydrogen (secondary N) is 3. The molecule has 0 fully saturated rings. The van der Waals surface area contributed by atoms with Crippen molar-refractivity contribution in [1.29, 1.82) is 0 Å². The summed E-state index contributed by atoms with van der Waals surface area (Å²) in [6.07, 6.45) is 4.34. The van der Waals surface area contributed by atoms with Gasteiger partial charge < -0.3 is 15.3 Å². The summed E-state index contributed by atoms with van der Waals surface area (Å²) in [6.45, 7) is 0. The van der Waals surface area contributed by atoms with Gasteiger partial charge in [-0.3, -0.25) is 14.3 Å². The van der Waals surface area contributed by atoms with Gasteiger partial charge in [-0.25, -0.2) is 4.98 Å². The van der Waals surface area contributed by atoms with Crippen LogP contribution in [0.15, 0.2) is 53.8 Å². The van der Waals surface area contributed by atoms with E-state index < -0.39 is 5.91 Å². The minimum absolute atomic E-state index is 0.227. The minimum Gasteiger partial charge on any atom is -0.345 e. The van der Waals surface area contributed by atoms with Gasteiger partial charge in [0.2, 0.25) is 0 Å². The third kappa shape index (κ3) is 2.49. The first-order valence-electron chi connectivity index (χ1n) is 7.58. The van der Waals surface area contributed by atoms with E-state index in [1.54, 1.807) is 17.9 Å². The number of hydrogen-bond donors (Lipinski definition) is 3. The van der Waals surface area contributed by atoms with E-state index in [4.69, 9.17) is 0 Å². The van der Waals surface area contributed by atoms with Crippen LogP contribution in [0.4, 0.5) is 5.69 Å². The van der Waals surface area contributed by atoms with Crippen LogP contribution in [-0.4, -0.2) is 30.6 Å². The molecular formula is C17H14N6O2. The predicted octanol–water partition coefficient (Wildman–Crippen LogP) is 1.90. The van der Waals surface area contributed by atoms with E-state index >= 15 is 0 Å². The zero-order chi connectivity index (χ0) is 17.4. The van der Waals surface area contributed by atoms with Crippen LogP contribution >= 0.6 is 0 Å². The van der Waals surface area contributed by atoms with Crippen molar-refractivity contribution in [3.8, 4) is 11.3 Å². The smallest absolute Gasteiger partial charge is 0.261 e. The number of benzene rings is 1. The molecule has 3 N–H and O–H groups in total. The number of H-pyrrole nitrogens is 2. The molecule has 0 aliphatic carbocycles. The van der Waals surface area contributed by atoms with E-state index in [1.807, 2.05) is 30.3 Å². The summed E-state index contributed by atoms with van der Waals surface area (Å²) < 4.78 is 1.69. The minimum atomic E-state index is -0.407. The van der Waals surface area contributed by atoms with Gasteiger partial charge in [-0.1, -0.05) is 30.3 Å². The molecule has 4 aromatic rings. The molecule has 3 aromatic heterocycles. The van der Waals surface area contributed by atoms with Crippen LogP contribution in [0.5, 0.6) is 0 Å². The Kier molecular flexibility index (Phi) is 3.42. The number of aromatic amines is 2. The lowest BCUT2D eigenvalue weighted by atomic mass is 10.1. The topological polar surface area (TPSA) is 108 Å². The lowest BCUT2D eigenvalue weighted by Crippen LogP contribution is -2.15. The highest BCUT2D eigenvalue weighted by molar-refractivity contribution is 6.12. The van der Waals surface area contributed by atoms with Gasteiger partial charge in [0.15, 0.2) is 0 Å². The fourth-order valence-corrected chi connectivity index (χ4v) is 2.81. The number of nitrogens with zero attached hydrogens (tertiary/aromatic N) is 3. The molecule has 0 radical (unpaired) electrons. The number of aromatic nitrogens is 5. The van der Waals surface area contributed by atoms with E-state index in [0.29, 0.717) is 11.3 Å². The average molecular weight is 334 g/mol. The van der Waals surface area contributed by atoms with Gasteiger partial charge in [0.1, 0.15) is 5.65 Å². The number of amides is 1. The maximum absolute atomic E-state index is 12.7. The van der Waals surface area contributed by atoms with E-state index in [2.05, 4.69) is 25.4 Å². The molecule has 8 nitrogen and oxygen atoms in total. The first-order valence-corrected chi connectivity index (χ1v) is 7.58. The molecule has 3 heterocycles. The van der Waals surface area contributed by atoms with Gasteiger partial charge in [-0.15, -0.1) is 0 Å². The van der Waals surface area contributed by atoms with Crippen molar-refractivity contribution < 1.29 is 4.79 Å². The second-order valence-electron chi connectivity index (χ2n) is 5.51. The molecule has 0 aliphatic rings. The third-order valence-corrected chi connectivity index (χ3v) is 3.95. The van der Waals surface area contributed by atoms with Gasteiger partial charge >= 0.3 is 0 Å². The highest BCUT2D eigenvalue weighted by atomic mass is 16.2. The Morgan fingerprint density at radius 2 is 2.00 bits per heavy atom. The quantitative estimate of drug-likeness (QED) is 0.532. The highest BCUT2D eigenvalue weighted by Crippen LogP contribution is 2.27. The lowest BCUT2D eigenvalue weighted by molar-refractivity contribution is 0.102. The Hall–Kier alpha value is -3.68. The number of rotatable bonds is 3. The number of fused-ring (bicyclic) bond motifs is 1. The Balaban J connectivity index is 1.74. The van der Waals surface area contributed by atoms with Crippen molar-refractivity contribution >= 4 is 22.6 Å². The Labute approximate surface area is 141 Å². The Bertz CT molecular complexity index is 1120. The number of anilines is 1. The molecule has 25 heavy (non-hydrogen) atoms. The summed E-state index contributed by atoms with van der Waals surface area (Å²) in [7, 11) is 1.80. The van der Waals surface area contributed by atoms with Crippen LogP contribution < -0.4 is 10.9 Å². The summed E-state index contributed by atoms with van der Waals surface area (Å²) in [6, 6.07) is 9.63. The van der Waals surface area contributed by atoms with Crippen molar-refractivity contribution in [2.75, 3.05) is 5.32 Å². The normalized spacial score (nSPS) is 10.9. The summed E-state index contributed by atoms with van der Waals surface area (Å²) in [5, 5.41) is 7.28. The zero-order valence-electron chi connectivity index (χ0n) is 13.3. The van der Waals surface area contributed by atoms with E-state index in [-0.39, 0.29) is 16.5 Å². The first kappa shape index (κ1) is 14.9. The summed E-state index contributed by atoms with van der Waals surface area (Å²) >= 11 is 0. The van der Waals surface area contributed by atoms with Crippen LogP contribution in [0, 0.1) is 0 Å². The molecule has 8 heteroatoms. The molecule has 0 bridgehead atoms. The zero-order valence-corrected chi connectivity index (χ0v) is 13.3. The molecule has 0 aliphatic heterocycles. The standard InChI is InChI=1S/C17H14N6O2/c1-23-14(10-5-3-2-4-6-10)12(8-21-23)22-16(24)11-7-18-15-13(11)17(25)20-9-19-15/h2-9H,1H3,(H,22,24)(H2,18,19,20,25). The van der Waals surface area contributed by atoms with Crippen molar-refractivity contribution in [2.24, 2.45) is 7.05 Å². The van der Waals surface area contributed by atoms with Crippen LogP contribution in [0.2, 0.25) is 0 Å². The second kappa shape index (κ2) is 5.75. The van der Waals surface area contributed by atoms with Gasteiger partial charge in [0.05, 0.1) is 34.9 Å². The third-order valence-electron chi connectivity index (χ3n) is 3.95. The van der Waals surface area contributed by atoms with Crippen molar-refractivity contribution in [3.05, 3.63) is 65.0 Å². The van der Waals surface area contributed by atoms with Gasteiger partial charge in [0.25, 0.3) is 11.5 Å². The summed E-state index contributed by atoms with van der Waals surface area (Å²) in [5.41, 5.74) is 2.49. The lowest BCUT2D eigenvalue weighted by Gasteiger charge is -2.07. The SMILES string of the molecule is Cn1ncc(NC(=O)c2c[nH]c3nc[nH]c(=O)c23)c1-c1ccccc1. The molecule has 0 saturated heterocycles. The Morgan fingerprint density at radius 3 is 2.80 bits per heavy atom. The molecule has 0 atom stereocenters. The van der Waals surface area contributed by atoms with Gasteiger partial charge in [0, 0.05) is 18.8 Å². The number of carbonyl (C=O) groups is 1. The fourth-order valence-electron chi connectivity index (χ4n) is 2.81. The predicted molar refractivity (Wildman–Crippen MR) is 93.3 cm³/mol. The molecule has 4 rings (SSSR count). The fraction of sp³-hybridized carbons (Fsp3) is 0.0588. The average Bonchev–Trinajstić information content (AvgIpc) is 3.20. The van der Waals surface area contributed by atoms with Crippen molar-refractivity contribution in [1.82, 2.24) is 24.7 Å². The molecule has 1 amide bonds. The molecule has 1 aromatic carbocycles. The largest absolute Gasteiger partial charge is 0.345 e. The van der Waals surface area contributed by atoms with Crippen LogP contribution in [-0.2, 0) is 7.05 Å². The van der Waals surface area contributed by atoms with Crippen LogP contribution in [0.3, 0.4) is 0 Å². The molecular weight excluding hydrogens is 320 g/mol. The molecule has 124 valence electrons. The maximum Gasteiger partial charge on any atom is 0.261 e. The molecule has 0 saturated carbocycles.